The van der Waals surface area contributed by atoms with Crippen LogP contribution in [0.5, 0.6) is 5.75 Å². The molecule has 0 atom stereocenters. The number of carbonyl (C=O) groups excluding carboxylic acids is 1. The summed E-state index contributed by atoms with van der Waals surface area (Å²) in [5.74, 6) is 1.62. The van der Waals surface area contributed by atoms with Crippen molar-refractivity contribution < 1.29 is 9.53 Å². The van der Waals surface area contributed by atoms with E-state index in [1.807, 2.05) is 55.5 Å². The van der Waals surface area contributed by atoms with Crippen LogP contribution < -0.4 is 10.1 Å². The molecule has 2 heterocycles. The summed E-state index contributed by atoms with van der Waals surface area (Å²) >= 11 is 1.42. The lowest BCUT2D eigenvalue weighted by Gasteiger charge is -2.11. The number of amides is 1. The molecule has 0 spiro atoms. The maximum Gasteiger partial charge on any atom is 0.262 e. The van der Waals surface area contributed by atoms with Gasteiger partial charge in [-0.05, 0) is 42.7 Å². The molecule has 8 heteroatoms. The van der Waals surface area contributed by atoms with E-state index in [-0.39, 0.29) is 12.5 Å². The lowest BCUT2D eigenvalue weighted by atomic mass is 10.0. The number of carbonyl (C=O) groups is 1. The van der Waals surface area contributed by atoms with Gasteiger partial charge >= 0.3 is 0 Å². The second-order valence-electron chi connectivity index (χ2n) is 6.95. The van der Waals surface area contributed by atoms with Gasteiger partial charge in [0.25, 0.3) is 5.91 Å². The number of benzene rings is 2. The Hall–Kier alpha value is -3.26. The SMILES string of the molecule is Cc1nnc2sc(-c3ccccc3NC(=O)COc3ccc(C(C)C)cc3)nn12. The first-order chi connectivity index (χ1) is 14.0. The molecule has 4 rings (SSSR count). The minimum Gasteiger partial charge on any atom is -0.484 e. The Kier molecular flexibility index (Phi) is 5.26. The van der Waals surface area contributed by atoms with Crippen LogP contribution in [0.4, 0.5) is 5.69 Å². The van der Waals surface area contributed by atoms with Gasteiger partial charge in [0.2, 0.25) is 4.96 Å². The number of rotatable bonds is 6. The van der Waals surface area contributed by atoms with Gasteiger partial charge in [0.15, 0.2) is 12.4 Å². The minimum atomic E-state index is -0.232. The van der Waals surface area contributed by atoms with E-state index >= 15 is 0 Å². The zero-order valence-corrected chi connectivity index (χ0v) is 17.2. The summed E-state index contributed by atoms with van der Waals surface area (Å²) in [6.45, 7) is 6.05. The van der Waals surface area contributed by atoms with Gasteiger partial charge in [-0.15, -0.1) is 10.2 Å². The summed E-state index contributed by atoms with van der Waals surface area (Å²) in [6.07, 6.45) is 0. The maximum absolute atomic E-state index is 12.4. The van der Waals surface area contributed by atoms with E-state index in [4.69, 9.17) is 4.74 Å². The smallest absolute Gasteiger partial charge is 0.262 e. The van der Waals surface area contributed by atoms with Crippen LogP contribution in [0.25, 0.3) is 15.5 Å². The second-order valence-corrected chi connectivity index (χ2v) is 7.91. The quantitative estimate of drug-likeness (QED) is 0.515. The highest BCUT2D eigenvalue weighted by atomic mass is 32.1. The molecule has 0 aliphatic rings. The molecule has 0 aliphatic heterocycles. The standard InChI is InChI=1S/C21H21N5O2S/c1-13(2)15-8-10-16(11-9-15)28-12-19(27)22-18-7-5-4-6-17(18)20-25-26-14(3)23-24-21(26)29-20/h4-11,13H,12H2,1-3H3,(H,22,27). The molecule has 1 amide bonds. The highest BCUT2D eigenvalue weighted by molar-refractivity contribution is 7.19. The van der Waals surface area contributed by atoms with Crippen molar-refractivity contribution in [3.8, 4) is 16.3 Å². The fourth-order valence-electron chi connectivity index (χ4n) is 2.89. The zero-order valence-electron chi connectivity index (χ0n) is 16.4. The summed E-state index contributed by atoms with van der Waals surface area (Å²) in [6, 6.07) is 15.4. The number of para-hydroxylation sites is 1. The van der Waals surface area contributed by atoms with E-state index in [0.29, 0.717) is 22.3 Å². The molecule has 148 valence electrons. The first-order valence-corrected chi connectivity index (χ1v) is 10.1. The van der Waals surface area contributed by atoms with Gasteiger partial charge in [0, 0.05) is 5.56 Å². The summed E-state index contributed by atoms with van der Waals surface area (Å²) in [5.41, 5.74) is 2.74. The van der Waals surface area contributed by atoms with Crippen molar-refractivity contribution in [2.75, 3.05) is 11.9 Å². The highest BCUT2D eigenvalue weighted by Gasteiger charge is 2.15. The number of hydrogen-bond acceptors (Lipinski definition) is 6. The molecule has 2 aromatic heterocycles. The van der Waals surface area contributed by atoms with Crippen LogP contribution in [0.2, 0.25) is 0 Å². The Balaban J connectivity index is 1.46. The largest absolute Gasteiger partial charge is 0.484 e. The first-order valence-electron chi connectivity index (χ1n) is 9.32. The lowest BCUT2D eigenvalue weighted by Crippen LogP contribution is -2.20. The van der Waals surface area contributed by atoms with Crippen LogP contribution in [0.15, 0.2) is 48.5 Å². The van der Waals surface area contributed by atoms with Crippen molar-refractivity contribution in [2.45, 2.75) is 26.7 Å². The molecular weight excluding hydrogens is 386 g/mol. The Bertz CT molecular complexity index is 1150. The third-order valence-corrected chi connectivity index (χ3v) is 5.43. The number of anilines is 1. The molecule has 0 aliphatic carbocycles. The van der Waals surface area contributed by atoms with Crippen molar-refractivity contribution in [3.63, 3.8) is 0 Å². The predicted octanol–water partition coefficient (Wildman–Crippen LogP) is 4.30. The molecule has 0 fully saturated rings. The van der Waals surface area contributed by atoms with Gasteiger partial charge in [-0.25, -0.2) is 0 Å². The van der Waals surface area contributed by atoms with Gasteiger partial charge < -0.3 is 10.1 Å². The monoisotopic (exact) mass is 407 g/mol. The molecular formula is C21H21N5O2S. The van der Waals surface area contributed by atoms with Crippen LogP contribution in [0, 0.1) is 6.92 Å². The van der Waals surface area contributed by atoms with Crippen LogP contribution in [0.3, 0.4) is 0 Å². The number of ether oxygens (including phenoxy) is 1. The Morgan fingerprint density at radius 1 is 1.14 bits per heavy atom. The molecule has 0 unspecified atom stereocenters. The summed E-state index contributed by atoms with van der Waals surface area (Å²) in [7, 11) is 0. The number of aryl methyl sites for hydroxylation is 1. The van der Waals surface area contributed by atoms with Gasteiger partial charge in [0.1, 0.15) is 10.8 Å². The number of nitrogens with one attached hydrogen (secondary N) is 1. The van der Waals surface area contributed by atoms with Crippen molar-refractivity contribution in [1.82, 2.24) is 19.8 Å². The zero-order chi connectivity index (χ0) is 20.4. The van der Waals surface area contributed by atoms with Crippen molar-refractivity contribution in [3.05, 3.63) is 59.9 Å². The second kappa shape index (κ2) is 8.00. The Morgan fingerprint density at radius 2 is 1.90 bits per heavy atom. The number of aromatic nitrogens is 4. The summed E-state index contributed by atoms with van der Waals surface area (Å²) in [5, 5.41) is 16.3. The van der Waals surface area contributed by atoms with Crippen LogP contribution in [-0.2, 0) is 4.79 Å². The van der Waals surface area contributed by atoms with Gasteiger partial charge in [-0.1, -0.05) is 49.4 Å². The third-order valence-electron chi connectivity index (χ3n) is 4.50. The predicted molar refractivity (Wildman–Crippen MR) is 113 cm³/mol. The molecule has 0 bridgehead atoms. The molecule has 29 heavy (non-hydrogen) atoms. The number of hydrogen-bond donors (Lipinski definition) is 1. The average Bonchev–Trinajstić information content (AvgIpc) is 3.29. The van der Waals surface area contributed by atoms with E-state index in [1.54, 1.807) is 4.52 Å². The third kappa shape index (κ3) is 4.12. The number of nitrogens with zero attached hydrogens (tertiary/aromatic N) is 4. The highest BCUT2D eigenvalue weighted by Crippen LogP contribution is 2.31. The molecule has 4 aromatic rings. The van der Waals surface area contributed by atoms with E-state index in [0.717, 1.165) is 16.4 Å². The first kappa shape index (κ1) is 19.1. The molecule has 0 radical (unpaired) electrons. The van der Waals surface area contributed by atoms with E-state index in [1.165, 1.54) is 16.9 Å². The number of fused-ring (bicyclic) bond motifs is 1. The Morgan fingerprint density at radius 3 is 2.62 bits per heavy atom. The summed E-state index contributed by atoms with van der Waals surface area (Å²) in [4.78, 5) is 13.2. The Labute approximate surface area is 172 Å². The van der Waals surface area contributed by atoms with Crippen molar-refractivity contribution in [1.29, 1.82) is 0 Å². The fourth-order valence-corrected chi connectivity index (χ4v) is 3.81. The van der Waals surface area contributed by atoms with Gasteiger partial charge in [0.05, 0.1) is 5.69 Å². The molecule has 2 aromatic carbocycles. The molecule has 1 N–H and O–H groups in total. The summed E-state index contributed by atoms with van der Waals surface area (Å²) < 4.78 is 7.32. The lowest BCUT2D eigenvalue weighted by molar-refractivity contribution is -0.118. The normalized spacial score (nSPS) is 11.2. The maximum atomic E-state index is 12.4. The minimum absolute atomic E-state index is 0.0699. The van der Waals surface area contributed by atoms with Gasteiger partial charge in [-0.3, -0.25) is 4.79 Å². The van der Waals surface area contributed by atoms with Crippen molar-refractivity contribution in [2.24, 2.45) is 0 Å². The average molecular weight is 407 g/mol. The van der Waals surface area contributed by atoms with Gasteiger partial charge in [-0.2, -0.15) is 9.61 Å². The molecule has 7 nitrogen and oxygen atoms in total. The van der Waals surface area contributed by atoms with Crippen LogP contribution >= 0.6 is 11.3 Å². The molecule has 0 saturated carbocycles. The fraction of sp³-hybridized carbons (Fsp3) is 0.238. The van der Waals surface area contributed by atoms with Crippen LogP contribution in [-0.4, -0.2) is 32.3 Å². The van der Waals surface area contributed by atoms with E-state index < -0.39 is 0 Å². The molecule has 0 saturated heterocycles. The van der Waals surface area contributed by atoms with Crippen LogP contribution in [0.1, 0.15) is 31.2 Å². The van der Waals surface area contributed by atoms with Crippen molar-refractivity contribution >= 4 is 27.9 Å². The van der Waals surface area contributed by atoms with E-state index in [9.17, 15) is 4.79 Å². The van der Waals surface area contributed by atoms with E-state index in [2.05, 4.69) is 34.5 Å². The topological polar surface area (TPSA) is 81.4 Å².